The fourth-order valence-corrected chi connectivity index (χ4v) is 4.94. The summed E-state index contributed by atoms with van der Waals surface area (Å²) in [4.78, 5) is 30.5. The monoisotopic (exact) mass is 464 g/mol. The minimum atomic E-state index is -3.40. The van der Waals surface area contributed by atoms with Gasteiger partial charge in [0.1, 0.15) is 6.54 Å². The molecule has 0 spiro atoms. The number of carbonyl (C=O) groups excluding carboxylic acids is 2. The van der Waals surface area contributed by atoms with Crippen LogP contribution < -0.4 is 4.80 Å². The van der Waals surface area contributed by atoms with Crippen molar-refractivity contribution in [2.45, 2.75) is 23.3 Å². The molecule has 3 aromatic rings. The zero-order valence-corrected chi connectivity index (χ0v) is 19.1. The summed E-state index contributed by atoms with van der Waals surface area (Å²) in [6, 6.07) is 11.7. The highest BCUT2D eigenvalue weighted by atomic mass is 32.2. The lowest BCUT2D eigenvalue weighted by Gasteiger charge is -2.05. The molecule has 0 bridgehead atoms. The van der Waals surface area contributed by atoms with Crippen molar-refractivity contribution >= 4 is 55.0 Å². The van der Waals surface area contributed by atoms with Crippen LogP contribution in [-0.2, 0) is 25.9 Å². The fourth-order valence-electron chi connectivity index (χ4n) is 2.74. The predicted molar refractivity (Wildman–Crippen MR) is 118 cm³/mol. The zero-order valence-electron chi connectivity index (χ0n) is 16.6. The van der Waals surface area contributed by atoms with Gasteiger partial charge in [0, 0.05) is 16.7 Å². The Kier molecular flexibility index (Phi) is 6.79. The van der Waals surface area contributed by atoms with Crippen molar-refractivity contribution in [2.24, 2.45) is 4.99 Å². The molecule has 7 nitrogen and oxygen atoms in total. The highest BCUT2D eigenvalue weighted by Crippen LogP contribution is 2.22. The predicted octanol–water partition coefficient (Wildman–Crippen LogP) is 3.13. The van der Waals surface area contributed by atoms with Gasteiger partial charge in [0.05, 0.1) is 21.7 Å². The van der Waals surface area contributed by atoms with E-state index >= 15 is 0 Å². The molecule has 0 unspecified atom stereocenters. The van der Waals surface area contributed by atoms with Gasteiger partial charge in [0.25, 0.3) is 5.91 Å². The van der Waals surface area contributed by atoms with E-state index in [-0.39, 0.29) is 18.0 Å². The van der Waals surface area contributed by atoms with Gasteiger partial charge in [0.15, 0.2) is 14.6 Å². The number of thioether (sulfide) groups is 1. The number of thiazole rings is 1. The maximum Gasteiger partial charge on any atom is 0.326 e. The first-order valence-electron chi connectivity index (χ1n) is 8.95. The number of fused-ring (bicyclic) bond motifs is 1. The molecule has 158 valence electrons. The Hall–Kier alpha value is -2.43. The second-order valence-corrected chi connectivity index (χ2v) is 10.2. The molecule has 0 radical (unpaired) electrons. The molecule has 1 amide bonds. The Bertz CT molecular complexity index is 1270. The molecule has 10 heteroatoms. The SMILES string of the molecule is CCOC(=O)Cn1c(=NC(=O)c2ccc(SC)cc2)sc2cc(S(C)(=O)=O)ccc21. The van der Waals surface area contributed by atoms with Crippen LogP contribution in [0.3, 0.4) is 0 Å². The first kappa shape index (κ1) is 22.3. The number of esters is 1. The Morgan fingerprint density at radius 2 is 1.87 bits per heavy atom. The second kappa shape index (κ2) is 9.15. The molecule has 1 aromatic heterocycles. The molecule has 0 aliphatic heterocycles. The number of ether oxygens (including phenoxy) is 1. The number of aromatic nitrogens is 1. The second-order valence-electron chi connectivity index (χ2n) is 6.32. The molecule has 0 aliphatic carbocycles. The van der Waals surface area contributed by atoms with Crippen molar-refractivity contribution in [1.29, 1.82) is 0 Å². The number of nitrogens with zero attached hydrogens (tertiary/aromatic N) is 2. The Morgan fingerprint density at radius 1 is 1.17 bits per heavy atom. The van der Waals surface area contributed by atoms with Crippen LogP contribution in [0.5, 0.6) is 0 Å². The van der Waals surface area contributed by atoms with E-state index in [2.05, 4.69) is 4.99 Å². The standard InChI is InChI=1S/C20H20N2O5S3/c1-4-27-18(23)12-22-16-10-9-15(30(3,25)26)11-17(16)29-20(22)21-19(24)13-5-7-14(28-2)8-6-13/h5-11H,4,12H2,1-3H3. The van der Waals surface area contributed by atoms with Gasteiger partial charge in [-0.25, -0.2) is 8.42 Å². The summed E-state index contributed by atoms with van der Waals surface area (Å²) >= 11 is 2.71. The lowest BCUT2D eigenvalue weighted by Crippen LogP contribution is -2.23. The van der Waals surface area contributed by atoms with E-state index in [0.717, 1.165) is 22.5 Å². The molecule has 2 aromatic carbocycles. The van der Waals surface area contributed by atoms with Crippen LogP contribution in [0.25, 0.3) is 10.2 Å². The number of amides is 1. The molecule has 0 atom stereocenters. The first-order valence-corrected chi connectivity index (χ1v) is 12.9. The fraction of sp³-hybridized carbons (Fsp3) is 0.250. The molecular formula is C20H20N2O5S3. The maximum atomic E-state index is 12.7. The van der Waals surface area contributed by atoms with Gasteiger partial charge in [-0.3, -0.25) is 9.59 Å². The maximum absolute atomic E-state index is 12.7. The molecular weight excluding hydrogens is 444 g/mol. The topological polar surface area (TPSA) is 94.8 Å². The summed E-state index contributed by atoms with van der Waals surface area (Å²) in [5.41, 5.74) is 1.02. The van der Waals surface area contributed by atoms with E-state index in [4.69, 9.17) is 4.74 Å². The van der Waals surface area contributed by atoms with Gasteiger partial charge < -0.3 is 9.30 Å². The smallest absolute Gasteiger partial charge is 0.326 e. The Labute approximate surface area is 182 Å². The number of hydrogen-bond donors (Lipinski definition) is 0. The van der Waals surface area contributed by atoms with Gasteiger partial charge in [-0.15, -0.1) is 11.8 Å². The number of hydrogen-bond acceptors (Lipinski definition) is 7. The van der Waals surface area contributed by atoms with Crippen molar-refractivity contribution in [2.75, 3.05) is 19.1 Å². The molecule has 30 heavy (non-hydrogen) atoms. The average molecular weight is 465 g/mol. The number of rotatable bonds is 6. The number of carbonyl (C=O) groups is 2. The van der Waals surface area contributed by atoms with Crippen LogP contribution in [0.2, 0.25) is 0 Å². The van der Waals surface area contributed by atoms with E-state index in [1.165, 1.54) is 12.1 Å². The van der Waals surface area contributed by atoms with Crippen molar-refractivity contribution in [3.63, 3.8) is 0 Å². The molecule has 0 aliphatic rings. The van der Waals surface area contributed by atoms with Crippen molar-refractivity contribution in [3.8, 4) is 0 Å². The molecule has 0 N–H and O–H groups in total. The summed E-state index contributed by atoms with van der Waals surface area (Å²) < 4.78 is 31.0. The molecule has 3 rings (SSSR count). The Balaban J connectivity index is 2.13. The zero-order chi connectivity index (χ0) is 21.9. The van der Waals surface area contributed by atoms with Gasteiger partial charge in [-0.05, 0) is 55.6 Å². The van der Waals surface area contributed by atoms with Crippen LogP contribution in [0.4, 0.5) is 0 Å². The number of sulfone groups is 1. The van der Waals surface area contributed by atoms with E-state index in [1.807, 2.05) is 18.4 Å². The summed E-state index contributed by atoms with van der Waals surface area (Å²) in [7, 11) is -3.40. The van der Waals surface area contributed by atoms with E-state index in [9.17, 15) is 18.0 Å². The lowest BCUT2D eigenvalue weighted by atomic mass is 10.2. The lowest BCUT2D eigenvalue weighted by molar-refractivity contribution is -0.143. The van der Waals surface area contributed by atoms with E-state index in [1.54, 1.807) is 41.5 Å². The van der Waals surface area contributed by atoms with Crippen LogP contribution in [0.15, 0.2) is 57.2 Å². The average Bonchev–Trinajstić information content (AvgIpc) is 3.03. The van der Waals surface area contributed by atoms with Crippen molar-refractivity contribution in [3.05, 3.63) is 52.8 Å². The summed E-state index contributed by atoms with van der Waals surface area (Å²) in [6.07, 6.45) is 3.07. The molecule has 1 heterocycles. The van der Waals surface area contributed by atoms with Crippen LogP contribution >= 0.6 is 23.1 Å². The third-order valence-electron chi connectivity index (χ3n) is 4.21. The summed E-state index contributed by atoms with van der Waals surface area (Å²) in [5, 5.41) is 0. The van der Waals surface area contributed by atoms with Crippen LogP contribution in [-0.4, -0.2) is 44.0 Å². The molecule has 0 saturated carbocycles. The normalized spacial score (nSPS) is 12.3. The van der Waals surface area contributed by atoms with Gasteiger partial charge in [-0.2, -0.15) is 4.99 Å². The molecule has 0 fully saturated rings. The summed E-state index contributed by atoms with van der Waals surface area (Å²) in [6.45, 7) is 1.80. The molecule has 0 saturated heterocycles. The first-order chi connectivity index (χ1) is 14.2. The minimum Gasteiger partial charge on any atom is -0.465 e. The highest BCUT2D eigenvalue weighted by Gasteiger charge is 2.15. The van der Waals surface area contributed by atoms with Crippen LogP contribution in [0.1, 0.15) is 17.3 Å². The Morgan fingerprint density at radius 3 is 2.47 bits per heavy atom. The third-order valence-corrected chi connectivity index (χ3v) is 7.10. The van der Waals surface area contributed by atoms with Crippen molar-refractivity contribution in [1.82, 2.24) is 4.57 Å². The number of benzene rings is 2. The van der Waals surface area contributed by atoms with E-state index < -0.39 is 21.7 Å². The largest absolute Gasteiger partial charge is 0.465 e. The van der Waals surface area contributed by atoms with E-state index in [0.29, 0.717) is 20.6 Å². The summed E-state index contributed by atoms with van der Waals surface area (Å²) in [5.74, 6) is -0.919. The highest BCUT2D eigenvalue weighted by molar-refractivity contribution is 7.98. The third kappa shape index (κ3) is 5.00. The van der Waals surface area contributed by atoms with Crippen LogP contribution in [0, 0.1) is 0 Å². The van der Waals surface area contributed by atoms with Gasteiger partial charge in [0.2, 0.25) is 0 Å². The van der Waals surface area contributed by atoms with Gasteiger partial charge in [-0.1, -0.05) is 11.3 Å². The van der Waals surface area contributed by atoms with Gasteiger partial charge >= 0.3 is 5.97 Å². The minimum absolute atomic E-state index is 0.135. The quantitative estimate of drug-likeness (QED) is 0.411. The van der Waals surface area contributed by atoms with Crippen molar-refractivity contribution < 1.29 is 22.7 Å².